The summed E-state index contributed by atoms with van der Waals surface area (Å²) in [6.45, 7) is 3.55. The number of hydrogen-bond donors (Lipinski definition) is 3. The maximum atomic E-state index is 13.6. The van der Waals surface area contributed by atoms with Crippen LogP contribution in [-0.4, -0.2) is 37.3 Å². The average Bonchev–Trinajstić information content (AvgIpc) is 3.06. The van der Waals surface area contributed by atoms with Crippen molar-refractivity contribution in [2.75, 3.05) is 5.32 Å². The van der Waals surface area contributed by atoms with Crippen LogP contribution in [0, 0.1) is 13.8 Å². The number of aryl methyl sites for hydroxylation is 2. The summed E-state index contributed by atoms with van der Waals surface area (Å²) in [5.74, 6) is -0.122. The Bertz CT molecular complexity index is 1390. The number of carbonyl (C=O) groups is 1. The Hall–Kier alpha value is -3.47. The van der Waals surface area contributed by atoms with Crippen molar-refractivity contribution in [3.05, 3.63) is 57.8 Å². The third-order valence-corrected chi connectivity index (χ3v) is 6.94. The zero-order valence-electron chi connectivity index (χ0n) is 18.5. The number of rotatable bonds is 2. The van der Waals surface area contributed by atoms with Gasteiger partial charge in [0.1, 0.15) is 29.2 Å². The highest BCUT2D eigenvalue weighted by molar-refractivity contribution is 5.97. The van der Waals surface area contributed by atoms with Crippen LogP contribution in [0.25, 0.3) is 10.9 Å². The molecular weight excluding hydrogens is 451 g/mol. The molecule has 1 aliphatic carbocycles. The van der Waals surface area contributed by atoms with Crippen molar-refractivity contribution in [2.45, 2.75) is 57.0 Å². The highest BCUT2D eigenvalue weighted by Crippen LogP contribution is 2.47. The summed E-state index contributed by atoms with van der Waals surface area (Å²) in [5.41, 5.74) is -2.44. The van der Waals surface area contributed by atoms with Crippen LogP contribution in [0.5, 0.6) is 0 Å². The van der Waals surface area contributed by atoms with E-state index >= 15 is 0 Å². The van der Waals surface area contributed by atoms with Gasteiger partial charge in [0.05, 0.1) is 5.52 Å². The molecule has 0 unspecified atom stereocenters. The molecule has 5 rings (SSSR count). The van der Waals surface area contributed by atoms with Gasteiger partial charge in [0.15, 0.2) is 5.60 Å². The molecule has 11 heteroatoms. The van der Waals surface area contributed by atoms with Crippen molar-refractivity contribution >= 4 is 28.3 Å². The van der Waals surface area contributed by atoms with E-state index in [1.807, 2.05) is 25.1 Å². The molecule has 2 aliphatic rings. The fourth-order valence-electron chi connectivity index (χ4n) is 5.06. The van der Waals surface area contributed by atoms with Crippen LogP contribution in [-0.2, 0) is 5.66 Å². The Morgan fingerprint density at radius 2 is 1.79 bits per heavy atom. The second kappa shape index (κ2) is 7.26. The minimum atomic E-state index is -4.80. The van der Waals surface area contributed by atoms with E-state index in [4.69, 9.17) is 0 Å². The Morgan fingerprint density at radius 3 is 2.47 bits per heavy atom. The first-order valence-electron chi connectivity index (χ1n) is 10.8. The minimum Gasteiger partial charge on any atom is -0.380 e. The third-order valence-electron chi connectivity index (χ3n) is 6.94. The molecule has 178 valence electrons. The lowest BCUT2D eigenvalue weighted by Gasteiger charge is -2.43. The van der Waals surface area contributed by atoms with E-state index in [-0.39, 0.29) is 24.2 Å². The Morgan fingerprint density at radius 1 is 1.09 bits per heavy atom. The number of aromatic nitrogens is 3. The monoisotopic (exact) mass is 473 g/mol. The van der Waals surface area contributed by atoms with Crippen LogP contribution >= 0.6 is 0 Å². The first-order valence-corrected chi connectivity index (χ1v) is 10.8. The summed E-state index contributed by atoms with van der Waals surface area (Å²) in [6, 6.07) is 7.10. The van der Waals surface area contributed by atoms with Gasteiger partial charge in [-0.1, -0.05) is 12.1 Å². The lowest BCUT2D eigenvalue weighted by Crippen LogP contribution is -2.57. The van der Waals surface area contributed by atoms with Crippen LogP contribution in [0.2, 0.25) is 0 Å². The number of hydrogen-bond acceptors (Lipinski definition) is 6. The van der Waals surface area contributed by atoms with Crippen LogP contribution in [0.15, 0.2) is 35.4 Å². The molecule has 3 heterocycles. The zero-order chi connectivity index (χ0) is 24.5. The molecule has 3 aromatic rings. The molecule has 1 saturated carbocycles. The number of aliphatic hydroxyl groups is 1. The maximum absolute atomic E-state index is 13.6. The smallest absolute Gasteiger partial charge is 0.380 e. The lowest BCUT2D eigenvalue weighted by atomic mass is 9.78. The van der Waals surface area contributed by atoms with Crippen molar-refractivity contribution in [1.82, 2.24) is 19.9 Å². The van der Waals surface area contributed by atoms with E-state index < -0.39 is 41.7 Å². The number of pyridine rings is 1. The first-order chi connectivity index (χ1) is 16.0. The predicted octanol–water partition coefficient (Wildman–Crippen LogP) is 3.42. The molecule has 0 radical (unpaired) electrons. The summed E-state index contributed by atoms with van der Waals surface area (Å²) >= 11 is 0. The highest BCUT2D eigenvalue weighted by atomic mass is 19.4. The number of nitrogens with zero attached hydrogens (tertiary/aromatic N) is 3. The van der Waals surface area contributed by atoms with E-state index in [9.17, 15) is 27.9 Å². The summed E-state index contributed by atoms with van der Waals surface area (Å²) < 4.78 is 41.3. The molecule has 0 bridgehead atoms. The predicted molar refractivity (Wildman–Crippen MR) is 118 cm³/mol. The molecule has 1 fully saturated rings. The van der Waals surface area contributed by atoms with Crippen LogP contribution in [0.4, 0.5) is 24.7 Å². The Balaban J connectivity index is 1.60. The standard InChI is InChI=1S/C23H22F3N5O3/c1-12-4-3-5-14-16(12)18(28-11-27-14)29-15-10-13(2)17-19(32)30-22(31(17)20(15)33)8-6-21(34,7-9-22)23(24,25)26/h3-5,10-11,34H,6-9H2,1-2H3,(H,30,32)(H,27,28,29)/t21-,22+. The summed E-state index contributed by atoms with van der Waals surface area (Å²) in [4.78, 5) is 34.9. The van der Waals surface area contributed by atoms with Gasteiger partial charge in [-0.15, -0.1) is 0 Å². The fourth-order valence-corrected chi connectivity index (χ4v) is 5.06. The number of nitrogens with one attached hydrogen (secondary N) is 2. The quantitative estimate of drug-likeness (QED) is 0.526. The van der Waals surface area contributed by atoms with Crippen molar-refractivity contribution in [3.8, 4) is 0 Å². The Kier molecular flexibility index (Phi) is 4.77. The number of alkyl halides is 3. The van der Waals surface area contributed by atoms with Gasteiger partial charge in [0.25, 0.3) is 11.5 Å². The molecule has 0 saturated heterocycles. The largest absolute Gasteiger partial charge is 0.417 e. The van der Waals surface area contributed by atoms with Crippen molar-refractivity contribution in [3.63, 3.8) is 0 Å². The maximum Gasteiger partial charge on any atom is 0.417 e. The third kappa shape index (κ3) is 3.17. The highest BCUT2D eigenvalue weighted by Gasteiger charge is 2.59. The number of fused-ring (bicyclic) bond motifs is 3. The van der Waals surface area contributed by atoms with Crippen molar-refractivity contribution in [1.29, 1.82) is 0 Å². The molecule has 3 N–H and O–H groups in total. The number of benzene rings is 1. The number of carbonyl (C=O) groups excluding carboxylic acids is 1. The topological polar surface area (TPSA) is 109 Å². The summed E-state index contributed by atoms with van der Waals surface area (Å²) in [7, 11) is 0. The number of amides is 1. The van der Waals surface area contributed by atoms with Gasteiger partial charge in [-0.3, -0.25) is 14.2 Å². The normalized spacial score (nSPS) is 24.4. The van der Waals surface area contributed by atoms with E-state index in [1.54, 1.807) is 6.92 Å². The number of anilines is 2. The van der Waals surface area contributed by atoms with Crippen LogP contribution in [0.3, 0.4) is 0 Å². The van der Waals surface area contributed by atoms with Crippen molar-refractivity contribution in [2.24, 2.45) is 0 Å². The SMILES string of the molecule is Cc1cc(Nc2ncnc3cccc(C)c23)c(=O)n2c1C(=O)N[C@]21CC[C@@](O)(C(F)(F)F)CC1. The van der Waals surface area contributed by atoms with Crippen molar-refractivity contribution < 1.29 is 23.1 Å². The van der Waals surface area contributed by atoms with Crippen LogP contribution < -0.4 is 16.2 Å². The molecule has 34 heavy (non-hydrogen) atoms. The van der Waals surface area contributed by atoms with Crippen LogP contribution in [0.1, 0.15) is 47.3 Å². The average molecular weight is 473 g/mol. The zero-order valence-corrected chi connectivity index (χ0v) is 18.5. The molecule has 8 nitrogen and oxygen atoms in total. The van der Waals surface area contributed by atoms with Gasteiger partial charge in [0.2, 0.25) is 0 Å². The molecule has 1 amide bonds. The van der Waals surface area contributed by atoms with Gasteiger partial charge < -0.3 is 15.7 Å². The lowest BCUT2D eigenvalue weighted by molar-refractivity contribution is -0.275. The van der Waals surface area contributed by atoms with E-state index in [1.165, 1.54) is 17.0 Å². The fraction of sp³-hybridized carbons (Fsp3) is 0.391. The van der Waals surface area contributed by atoms with Gasteiger partial charge in [-0.25, -0.2) is 9.97 Å². The molecule has 1 aromatic carbocycles. The van der Waals surface area contributed by atoms with Gasteiger partial charge in [-0.05, 0) is 62.8 Å². The summed E-state index contributed by atoms with van der Waals surface area (Å²) in [6.07, 6.45) is -5.16. The molecule has 0 atom stereocenters. The van der Waals surface area contributed by atoms with Gasteiger partial charge in [0, 0.05) is 5.39 Å². The van der Waals surface area contributed by atoms with Gasteiger partial charge >= 0.3 is 6.18 Å². The van der Waals surface area contributed by atoms with Gasteiger partial charge in [-0.2, -0.15) is 13.2 Å². The minimum absolute atomic E-state index is 0.108. The Labute approximate surface area is 191 Å². The van der Waals surface area contributed by atoms with E-state index in [0.717, 1.165) is 10.9 Å². The first kappa shape index (κ1) is 22.3. The second-order valence-electron chi connectivity index (χ2n) is 9.06. The van der Waals surface area contributed by atoms with E-state index in [0.29, 0.717) is 16.9 Å². The molecule has 1 aliphatic heterocycles. The molecule has 1 spiro atoms. The molecular formula is C23H22F3N5O3. The molecule has 2 aromatic heterocycles. The summed E-state index contributed by atoms with van der Waals surface area (Å²) in [5, 5.41) is 16.6. The number of halogens is 3. The van der Waals surface area contributed by atoms with E-state index in [2.05, 4.69) is 20.6 Å². The second-order valence-corrected chi connectivity index (χ2v) is 9.06.